The van der Waals surface area contributed by atoms with Crippen LogP contribution in [0.2, 0.25) is 0 Å². The SMILES string of the molecule is COc1ccc(CN(C(=O)CN(Cc2ccccc2)S(C)(=O)=O)C(C(=O)NCc2ccncc2)c2ccccc2)cc1. The molecule has 0 spiro atoms. The molecule has 0 aliphatic carbocycles. The summed E-state index contributed by atoms with van der Waals surface area (Å²) in [6.07, 6.45) is 4.36. The highest BCUT2D eigenvalue weighted by molar-refractivity contribution is 7.88. The fourth-order valence-corrected chi connectivity index (χ4v) is 5.19. The number of carbonyl (C=O) groups is 2. The Morgan fingerprint density at radius 2 is 1.40 bits per heavy atom. The number of sulfonamides is 1. The number of hydrogen-bond donors (Lipinski definition) is 1. The molecular weight excluding hydrogens is 552 g/mol. The standard InChI is InChI=1S/C32H34N4O5S/c1-41-29-15-13-27(14-16-29)23-36(30(37)24-35(42(2,39)40)22-26-9-5-3-6-10-26)31(28-11-7-4-8-12-28)32(38)34-21-25-17-19-33-20-18-25/h3-20,31H,21-24H2,1-2H3,(H,34,38). The van der Waals surface area contributed by atoms with Gasteiger partial charge in [-0.2, -0.15) is 4.31 Å². The molecule has 1 unspecified atom stereocenters. The first kappa shape index (κ1) is 30.4. The quantitative estimate of drug-likeness (QED) is 0.254. The largest absolute Gasteiger partial charge is 0.497 e. The van der Waals surface area contributed by atoms with Crippen LogP contribution in [0.15, 0.2) is 109 Å². The maximum Gasteiger partial charge on any atom is 0.247 e. The molecule has 0 bridgehead atoms. The van der Waals surface area contributed by atoms with Crippen LogP contribution in [0.25, 0.3) is 0 Å². The zero-order valence-corrected chi connectivity index (χ0v) is 24.4. The predicted molar refractivity (Wildman–Crippen MR) is 161 cm³/mol. The van der Waals surface area contributed by atoms with E-state index in [1.807, 2.05) is 36.4 Å². The number of carbonyl (C=O) groups excluding carboxylic acids is 2. The lowest BCUT2D eigenvalue weighted by Crippen LogP contribution is -2.47. The summed E-state index contributed by atoms with van der Waals surface area (Å²) >= 11 is 0. The molecule has 1 N–H and O–H groups in total. The Bertz CT molecular complexity index is 1550. The number of nitrogens with zero attached hydrogens (tertiary/aromatic N) is 3. The minimum atomic E-state index is -3.77. The summed E-state index contributed by atoms with van der Waals surface area (Å²) in [7, 11) is -2.20. The Morgan fingerprint density at radius 3 is 2.00 bits per heavy atom. The molecule has 218 valence electrons. The normalized spacial score (nSPS) is 12.0. The van der Waals surface area contributed by atoms with Gasteiger partial charge in [0.05, 0.1) is 19.9 Å². The number of pyridine rings is 1. The fourth-order valence-electron chi connectivity index (χ4n) is 4.46. The minimum Gasteiger partial charge on any atom is -0.497 e. The van der Waals surface area contributed by atoms with Gasteiger partial charge in [-0.3, -0.25) is 14.6 Å². The molecule has 0 radical (unpaired) electrons. The van der Waals surface area contributed by atoms with Crippen molar-refractivity contribution >= 4 is 21.8 Å². The number of amides is 2. The first-order chi connectivity index (χ1) is 20.2. The van der Waals surface area contributed by atoms with Gasteiger partial charge in [0.2, 0.25) is 21.8 Å². The van der Waals surface area contributed by atoms with Crippen molar-refractivity contribution in [3.63, 3.8) is 0 Å². The average Bonchev–Trinajstić information content (AvgIpc) is 3.01. The van der Waals surface area contributed by atoms with Crippen LogP contribution in [0.4, 0.5) is 0 Å². The molecular formula is C32H34N4O5S. The van der Waals surface area contributed by atoms with Crippen molar-refractivity contribution in [2.45, 2.75) is 25.7 Å². The lowest BCUT2D eigenvalue weighted by atomic mass is 10.0. The Morgan fingerprint density at radius 1 is 0.810 bits per heavy atom. The number of methoxy groups -OCH3 is 1. The Labute approximate surface area is 246 Å². The predicted octanol–water partition coefficient (Wildman–Crippen LogP) is 3.94. The lowest BCUT2D eigenvalue weighted by molar-refractivity contribution is -0.141. The maximum atomic E-state index is 14.1. The molecule has 9 nitrogen and oxygen atoms in total. The zero-order valence-electron chi connectivity index (χ0n) is 23.6. The number of hydrogen-bond acceptors (Lipinski definition) is 6. The number of nitrogens with one attached hydrogen (secondary N) is 1. The van der Waals surface area contributed by atoms with Crippen LogP contribution < -0.4 is 10.1 Å². The van der Waals surface area contributed by atoms with Crippen molar-refractivity contribution in [2.75, 3.05) is 19.9 Å². The van der Waals surface area contributed by atoms with Gasteiger partial charge < -0.3 is 15.0 Å². The topological polar surface area (TPSA) is 109 Å². The summed E-state index contributed by atoms with van der Waals surface area (Å²) in [6, 6.07) is 27.8. The molecule has 10 heteroatoms. The molecule has 4 rings (SSSR count). The van der Waals surface area contributed by atoms with Crippen molar-refractivity contribution in [1.82, 2.24) is 19.5 Å². The highest BCUT2D eigenvalue weighted by Gasteiger charge is 2.33. The molecule has 0 fully saturated rings. The van der Waals surface area contributed by atoms with E-state index >= 15 is 0 Å². The molecule has 1 atom stereocenters. The highest BCUT2D eigenvalue weighted by Crippen LogP contribution is 2.26. The minimum absolute atomic E-state index is 0.0199. The van der Waals surface area contributed by atoms with Gasteiger partial charge in [-0.05, 0) is 46.5 Å². The van der Waals surface area contributed by atoms with E-state index < -0.39 is 34.4 Å². The van der Waals surface area contributed by atoms with Crippen LogP contribution in [-0.2, 0) is 39.2 Å². The van der Waals surface area contributed by atoms with Crippen LogP contribution in [0.1, 0.15) is 28.3 Å². The summed E-state index contributed by atoms with van der Waals surface area (Å²) < 4.78 is 32.0. The van der Waals surface area contributed by atoms with Crippen LogP contribution in [0.5, 0.6) is 5.75 Å². The second kappa shape index (κ2) is 14.4. The number of benzene rings is 3. The van der Waals surface area contributed by atoms with Crippen molar-refractivity contribution in [1.29, 1.82) is 0 Å². The van der Waals surface area contributed by atoms with Crippen molar-refractivity contribution in [3.05, 3.63) is 132 Å². The van der Waals surface area contributed by atoms with Crippen LogP contribution in [0, 0.1) is 0 Å². The monoisotopic (exact) mass is 586 g/mol. The fraction of sp³-hybridized carbons (Fsp3) is 0.219. The maximum absolute atomic E-state index is 14.1. The highest BCUT2D eigenvalue weighted by atomic mass is 32.2. The lowest BCUT2D eigenvalue weighted by Gasteiger charge is -2.33. The number of rotatable bonds is 13. The molecule has 0 aliphatic rings. The van der Waals surface area contributed by atoms with E-state index in [9.17, 15) is 18.0 Å². The van der Waals surface area contributed by atoms with Gasteiger partial charge in [-0.15, -0.1) is 0 Å². The first-order valence-electron chi connectivity index (χ1n) is 13.4. The van der Waals surface area contributed by atoms with Gasteiger partial charge in [-0.25, -0.2) is 8.42 Å². The molecule has 1 aromatic heterocycles. The van der Waals surface area contributed by atoms with E-state index in [-0.39, 0.29) is 19.6 Å². The van der Waals surface area contributed by atoms with Gasteiger partial charge in [0.1, 0.15) is 11.8 Å². The van der Waals surface area contributed by atoms with E-state index in [1.54, 1.807) is 80.2 Å². The van der Waals surface area contributed by atoms with Crippen molar-refractivity contribution in [3.8, 4) is 5.75 Å². The van der Waals surface area contributed by atoms with Crippen LogP contribution in [0.3, 0.4) is 0 Å². The Balaban J connectivity index is 1.70. The summed E-state index contributed by atoms with van der Waals surface area (Å²) in [4.78, 5) is 33.4. The summed E-state index contributed by atoms with van der Waals surface area (Å²) in [6.45, 7) is -0.121. The second-order valence-electron chi connectivity index (χ2n) is 9.77. The third-order valence-corrected chi connectivity index (χ3v) is 7.90. The Hall–Kier alpha value is -4.54. The molecule has 0 saturated heterocycles. The van der Waals surface area contributed by atoms with E-state index in [4.69, 9.17) is 4.74 Å². The third-order valence-electron chi connectivity index (χ3n) is 6.71. The smallest absolute Gasteiger partial charge is 0.247 e. The molecule has 0 aliphatic heterocycles. The van der Waals surface area contributed by atoms with Crippen LogP contribution in [-0.4, -0.2) is 54.3 Å². The van der Waals surface area contributed by atoms with Gasteiger partial charge in [-0.1, -0.05) is 72.8 Å². The summed E-state index contributed by atoms with van der Waals surface area (Å²) in [5.74, 6) is -0.258. The van der Waals surface area contributed by atoms with Gasteiger partial charge >= 0.3 is 0 Å². The molecule has 0 saturated carbocycles. The first-order valence-corrected chi connectivity index (χ1v) is 15.2. The number of ether oxygens (including phenoxy) is 1. The molecule has 1 heterocycles. The van der Waals surface area contributed by atoms with Gasteiger partial charge in [0.25, 0.3) is 0 Å². The summed E-state index contributed by atoms with van der Waals surface area (Å²) in [5, 5.41) is 2.95. The molecule has 2 amide bonds. The zero-order chi connectivity index (χ0) is 30.0. The Kier molecular flexibility index (Phi) is 10.4. The number of aromatic nitrogens is 1. The second-order valence-corrected chi connectivity index (χ2v) is 11.8. The van der Waals surface area contributed by atoms with Gasteiger partial charge in [0, 0.05) is 32.0 Å². The van der Waals surface area contributed by atoms with E-state index in [0.29, 0.717) is 11.3 Å². The molecule has 42 heavy (non-hydrogen) atoms. The third kappa shape index (κ3) is 8.48. The molecule has 4 aromatic rings. The summed E-state index contributed by atoms with van der Waals surface area (Å²) in [5.41, 5.74) is 2.94. The molecule has 3 aromatic carbocycles. The van der Waals surface area contributed by atoms with Crippen LogP contribution >= 0.6 is 0 Å². The van der Waals surface area contributed by atoms with E-state index in [0.717, 1.165) is 27.3 Å². The van der Waals surface area contributed by atoms with Gasteiger partial charge in [0.15, 0.2) is 0 Å². The van der Waals surface area contributed by atoms with E-state index in [2.05, 4.69) is 10.3 Å². The average molecular weight is 587 g/mol. The van der Waals surface area contributed by atoms with E-state index in [1.165, 1.54) is 4.90 Å². The van der Waals surface area contributed by atoms with Crippen molar-refractivity contribution in [2.24, 2.45) is 0 Å². The van der Waals surface area contributed by atoms with Crippen molar-refractivity contribution < 1.29 is 22.7 Å².